The standard InChI is InChI=1S/C19H18N6O5/c26-19(27)13-5-8-23(9-6-13)17-16(25(28)29)18(22-11-21-17)30-15-3-1-14(2-4-15)24-10-7-20-12-24/h1-4,7,10-13H,5-6,8-9H2,(H,26,27). The first-order valence-corrected chi connectivity index (χ1v) is 9.26. The molecule has 0 spiro atoms. The Morgan fingerprint density at radius 1 is 1.20 bits per heavy atom. The molecule has 0 bridgehead atoms. The summed E-state index contributed by atoms with van der Waals surface area (Å²) >= 11 is 0. The van der Waals surface area contributed by atoms with Crippen molar-refractivity contribution in [2.24, 2.45) is 5.92 Å². The van der Waals surface area contributed by atoms with Crippen LogP contribution in [0, 0.1) is 16.0 Å². The summed E-state index contributed by atoms with van der Waals surface area (Å²) in [5, 5.41) is 20.9. The number of rotatable bonds is 6. The number of aromatic nitrogens is 4. The lowest BCUT2D eigenvalue weighted by Gasteiger charge is -2.30. The van der Waals surface area contributed by atoms with E-state index in [-0.39, 0.29) is 17.4 Å². The lowest BCUT2D eigenvalue weighted by atomic mass is 9.97. The Kier molecular flexibility index (Phi) is 5.24. The lowest BCUT2D eigenvalue weighted by molar-refractivity contribution is -0.385. The van der Waals surface area contributed by atoms with Crippen molar-refractivity contribution < 1.29 is 19.6 Å². The van der Waals surface area contributed by atoms with Gasteiger partial charge in [0.1, 0.15) is 12.1 Å². The third-order valence-electron chi connectivity index (χ3n) is 4.95. The first kappa shape index (κ1) is 19.3. The van der Waals surface area contributed by atoms with Crippen molar-refractivity contribution >= 4 is 17.5 Å². The van der Waals surface area contributed by atoms with Gasteiger partial charge in [0.05, 0.1) is 17.2 Å². The molecule has 0 unspecified atom stereocenters. The van der Waals surface area contributed by atoms with Gasteiger partial charge in [-0.15, -0.1) is 0 Å². The monoisotopic (exact) mass is 410 g/mol. The Morgan fingerprint density at radius 2 is 1.93 bits per heavy atom. The summed E-state index contributed by atoms with van der Waals surface area (Å²) in [4.78, 5) is 36.1. The summed E-state index contributed by atoms with van der Waals surface area (Å²) in [6, 6.07) is 6.95. The maximum atomic E-state index is 11.8. The number of ether oxygens (including phenoxy) is 1. The fraction of sp³-hybridized carbons (Fsp3) is 0.263. The summed E-state index contributed by atoms with van der Waals surface area (Å²) in [5.74, 6) is -0.956. The molecule has 1 saturated heterocycles. The molecule has 0 atom stereocenters. The van der Waals surface area contributed by atoms with Gasteiger partial charge in [0.15, 0.2) is 0 Å². The van der Waals surface area contributed by atoms with E-state index < -0.39 is 16.8 Å². The van der Waals surface area contributed by atoms with E-state index in [4.69, 9.17) is 9.84 Å². The minimum atomic E-state index is -0.852. The topological polar surface area (TPSA) is 137 Å². The van der Waals surface area contributed by atoms with Gasteiger partial charge in [0.25, 0.3) is 0 Å². The first-order chi connectivity index (χ1) is 14.5. The highest BCUT2D eigenvalue weighted by atomic mass is 16.6. The van der Waals surface area contributed by atoms with Crippen LogP contribution >= 0.6 is 0 Å². The Morgan fingerprint density at radius 3 is 2.53 bits per heavy atom. The zero-order valence-electron chi connectivity index (χ0n) is 15.8. The molecule has 11 heteroatoms. The molecule has 3 aromatic rings. The Balaban J connectivity index is 1.57. The molecule has 0 amide bonds. The van der Waals surface area contributed by atoms with Crippen molar-refractivity contribution in [1.82, 2.24) is 19.5 Å². The van der Waals surface area contributed by atoms with Gasteiger partial charge in [-0.05, 0) is 37.1 Å². The number of carboxylic acids is 1. The normalized spacial score (nSPS) is 14.5. The minimum absolute atomic E-state index is 0.129. The van der Waals surface area contributed by atoms with Crippen LogP contribution in [0.3, 0.4) is 0 Å². The van der Waals surface area contributed by atoms with Crippen LogP contribution in [0.4, 0.5) is 11.5 Å². The quantitative estimate of drug-likeness (QED) is 0.480. The Hall–Kier alpha value is -4.02. The van der Waals surface area contributed by atoms with Gasteiger partial charge >= 0.3 is 17.5 Å². The van der Waals surface area contributed by atoms with E-state index in [1.807, 2.05) is 4.57 Å². The maximum absolute atomic E-state index is 11.8. The zero-order valence-corrected chi connectivity index (χ0v) is 15.8. The zero-order chi connectivity index (χ0) is 21.1. The molecule has 0 radical (unpaired) electrons. The molecule has 30 heavy (non-hydrogen) atoms. The van der Waals surface area contributed by atoms with Gasteiger partial charge in [0.2, 0.25) is 5.82 Å². The summed E-state index contributed by atoms with van der Waals surface area (Å²) in [6.45, 7) is 0.710. The number of anilines is 1. The first-order valence-electron chi connectivity index (χ1n) is 9.26. The molecule has 1 aromatic carbocycles. The second-order valence-electron chi connectivity index (χ2n) is 6.77. The smallest absolute Gasteiger partial charge is 0.373 e. The van der Waals surface area contributed by atoms with E-state index >= 15 is 0 Å². The van der Waals surface area contributed by atoms with Crippen LogP contribution in [0.5, 0.6) is 11.6 Å². The van der Waals surface area contributed by atoms with E-state index in [2.05, 4.69) is 15.0 Å². The van der Waals surface area contributed by atoms with E-state index in [0.717, 1.165) is 5.69 Å². The molecule has 1 N–H and O–H groups in total. The highest BCUT2D eigenvalue weighted by molar-refractivity contribution is 5.71. The summed E-state index contributed by atoms with van der Waals surface area (Å²) < 4.78 is 7.51. The average molecular weight is 410 g/mol. The van der Waals surface area contributed by atoms with Crippen LogP contribution in [0.15, 0.2) is 49.3 Å². The van der Waals surface area contributed by atoms with Crippen molar-refractivity contribution in [1.29, 1.82) is 0 Å². The molecule has 1 aliphatic heterocycles. The lowest BCUT2D eigenvalue weighted by Crippen LogP contribution is -2.37. The van der Waals surface area contributed by atoms with Crippen LogP contribution in [0.2, 0.25) is 0 Å². The number of piperidine rings is 1. The summed E-state index contributed by atoms with van der Waals surface area (Å²) in [7, 11) is 0. The van der Waals surface area contributed by atoms with Gasteiger partial charge in [0, 0.05) is 31.2 Å². The number of aliphatic carboxylic acids is 1. The van der Waals surface area contributed by atoms with Crippen molar-refractivity contribution in [3.05, 3.63) is 59.4 Å². The minimum Gasteiger partial charge on any atom is -0.481 e. The average Bonchev–Trinajstić information content (AvgIpc) is 3.29. The fourth-order valence-electron chi connectivity index (χ4n) is 3.37. The predicted octanol–water partition coefficient (Wildman–Crippen LogP) is 2.66. The molecule has 0 saturated carbocycles. The SMILES string of the molecule is O=C(O)C1CCN(c2ncnc(Oc3ccc(-n4ccnc4)cc3)c2[N+](=O)[O-])CC1. The van der Waals surface area contributed by atoms with Gasteiger partial charge in [-0.25, -0.2) is 9.97 Å². The second-order valence-corrected chi connectivity index (χ2v) is 6.77. The molecule has 4 rings (SSSR count). The van der Waals surface area contributed by atoms with Gasteiger partial charge < -0.3 is 19.3 Å². The van der Waals surface area contributed by atoms with Crippen molar-refractivity contribution in [2.75, 3.05) is 18.0 Å². The number of nitro groups is 1. The Bertz CT molecular complexity index is 1050. The van der Waals surface area contributed by atoms with Gasteiger partial charge in [-0.1, -0.05) is 0 Å². The van der Waals surface area contributed by atoms with Gasteiger partial charge in [-0.2, -0.15) is 4.98 Å². The van der Waals surface area contributed by atoms with Crippen LogP contribution in [-0.2, 0) is 4.79 Å². The molecule has 1 aliphatic rings. The molecule has 11 nitrogen and oxygen atoms in total. The highest BCUT2D eigenvalue weighted by Gasteiger charge is 2.32. The number of carbonyl (C=O) groups is 1. The van der Waals surface area contributed by atoms with Crippen molar-refractivity contribution in [2.45, 2.75) is 12.8 Å². The third kappa shape index (κ3) is 3.90. The molecular formula is C19H18N6O5. The molecule has 1 fully saturated rings. The van der Waals surface area contributed by atoms with Crippen LogP contribution in [-0.4, -0.2) is 48.6 Å². The van der Waals surface area contributed by atoms with Gasteiger partial charge in [-0.3, -0.25) is 14.9 Å². The molecular weight excluding hydrogens is 392 g/mol. The van der Waals surface area contributed by atoms with Crippen LogP contribution in [0.1, 0.15) is 12.8 Å². The van der Waals surface area contributed by atoms with Crippen LogP contribution < -0.4 is 9.64 Å². The van der Waals surface area contributed by atoms with Crippen molar-refractivity contribution in [3.8, 4) is 17.3 Å². The third-order valence-corrected chi connectivity index (χ3v) is 4.95. The second kappa shape index (κ2) is 8.15. The van der Waals surface area contributed by atoms with Crippen molar-refractivity contribution in [3.63, 3.8) is 0 Å². The van der Waals surface area contributed by atoms with E-state index in [0.29, 0.717) is 31.7 Å². The number of carboxylic acid groups (broad SMARTS) is 1. The number of hydrogen-bond acceptors (Lipinski definition) is 8. The molecule has 154 valence electrons. The fourth-order valence-corrected chi connectivity index (χ4v) is 3.37. The van der Waals surface area contributed by atoms with E-state index in [1.54, 1.807) is 47.9 Å². The predicted molar refractivity (Wildman–Crippen MR) is 105 cm³/mol. The summed E-state index contributed by atoms with van der Waals surface area (Å²) in [5.41, 5.74) is 0.518. The van der Waals surface area contributed by atoms with E-state index in [1.165, 1.54) is 6.33 Å². The molecule has 2 aromatic heterocycles. The van der Waals surface area contributed by atoms with Crippen LogP contribution in [0.25, 0.3) is 5.69 Å². The number of hydrogen-bond donors (Lipinski definition) is 1. The maximum Gasteiger partial charge on any atom is 0.373 e. The van der Waals surface area contributed by atoms with E-state index in [9.17, 15) is 14.9 Å². The Labute approximate surface area is 170 Å². The molecule has 3 heterocycles. The highest BCUT2D eigenvalue weighted by Crippen LogP contribution is 2.37. The largest absolute Gasteiger partial charge is 0.481 e. The number of benzene rings is 1. The summed E-state index contributed by atoms with van der Waals surface area (Å²) in [6.07, 6.45) is 7.11. The number of imidazole rings is 1. The molecule has 0 aliphatic carbocycles. The number of nitrogens with zero attached hydrogens (tertiary/aromatic N) is 6.